The van der Waals surface area contributed by atoms with Crippen LogP contribution in [-0.4, -0.2) is 73.6 Å². The van der Waals surface area contributed by atoms with Gasteiger partial charge in [-0.25, -0.2) is 0 Å². The minimum Gasteiger partial charge on any atom is -0.379 e. The zero-order valence-electron chi connectivity index (χ0n) is 22.5. The van der Waals surface area contributed by atoms with Gasteiger partial charge in [0.2, 0.25) is 11.8 Å². The van der Waals surface area contributed by atoms with Gasteiger partial charge in [0.05, 0.1) is 25.8 Å². The van der Waals surface area contributed by atoms with Crippen LogP contribution < -0.4 is 10.6 Å². The highest BCUT2D eigenvalue weighted by atomic mass is 16.5. The van der Waals surface area contributed by atoms with E-state index in [2.05, 4.69) is 27.4 Å². The highest BCUT2D eigenvalue weighted by Crippen LogP contribution is 2.23. The van der Waals surface area contributed by atoms with Gasteiger partial charge < -0.3 is 15.4 Å². The first kappa shape index (κ1) is 27.8. The van der Waals surface area contributed by atoms with Gasteiger partial charge in [0, 0.05) is 24.5 Å². The standard InChI is InChI=1S/C29H42N4O3/c1-6-32(20-26(34)30-27-21(2)10-7-11-22(27)3)16-18-36-19-17-33-15-9-14-25(33)29(35)31-28-23(4)12-8-13-24(28)5/h7-8,10-13,25H,6,9,14-20H2,1-5H3,(H,30,34)(H,31,35). The van der Waals surface area contributed by atoms with E-state index in [1.54, 1.807) is 0 Å². The molecule has 0 spiro atoms. The number of amides is 2. The summed E-state index contributed by atoms with van der Waals surface area (Å²) in [6.07, 6.45) is 1.89. The van der Waals surface area contributed by atoms with E-state index >= 15 is 0 Å². The molecule has 1 unspecified atom stereocenters. The number of carbonyl (C=O) groups excluding carboxylic acids is 2. The predicted octanol–water partition coefficient (Wildman–Crippen LogP) is 4.30. The van der Waals surface area contributed by atoms with E-state index < -0.39 is 0 Å². The topological polar surface area (TPSA) is 73.9 Å². The fraction of sp³-hybridized carbons (Fsp3) is 0.517. The summed E-state index contributed by atoms with van der Waals surface area (Å²) in [5, 5.41) is 6.21. The summed E-state index contributed by atoms with van der Waals surface area (Å²) >= 11 is 0. The monoisotopic (exact) mass is 494 g/mol. The maximum atomic E-state index is 13.0. The van der Waals surface area contributed by atoms with Crippen LogP contribution in [-0.2, 0) is 14.3 Å². The number of nitrogens with zero attached hydrogens (tertiary/aromatic N) is 2. The van der Waals surface area contributed by atoms with Gasteiger partial charge in [0.1, 0.15) is 0 Å². The van der Waals surface area contributed by atoms with E-state index in [0.29, 0.717) is 26.3 Å². The number of likely N-dealkylation sites (tertiary alicyclic amines) is 1. The lowest BCUT2D eigenvalue weighted by atomic mass is 10.1. The first-order valence-electron chi connectivity index (χ1n) is 13.1. The van der Waals surface area contributed by atoms with Crippen molar-refractivity contribution in [3.63, 3.8) is 0 Å². The number of anilines is 2. The number of benzene rings is 2. The first-order valence-corrected chi connectivity index (χ1v) is 13.1. The summed E-state index contributed by atoms with van der Waals surface area (Å²) in [6, 6.07) is 12.0. The first-order chi connectivity index (χ1) is 17.3. The summed E-state index contributed by atoms with van der Waals surface area (Å²) in [4.78, 5) is 29.9. The van der Waals surface area contributed by atoms with Gasteiger partial charge in [-0.2, -0.15) is 0 Å². The zero-order valence-corrected chi connectivity index (χ0v) is 22.5. The summed E-state index contributed by atoms with van der Waals surface area (Å²) < 4.78 is 5.90. The molecule has 1 fully saturated rings. The Morgan fingerprint density at radius 1 is 0.944 bits per heavy atom. The van der Waals surface area contributed by atoms with Crippen molar-refractivity contribution in [2.75, 3.05) is 56.6 Å². The van der Waals surface area contributed by atoms with E-state index in [9.17, 15) is 9.59 Å². The third-order valence-corrected chi connectivity index (χ3v) is 7.03. The van der Waals surface area contributed by atoms with Crippen molar-refractivity contribution in [3.05, 3.63) is 58.7 Å². The van der Waals surface area contributed by atoms with Crippen LogP contribution >= 0.6 is 0 Å². The second kappa shape index (κ2) is 13.5. The summed E-state index contributed by atoms with van der Waals surface area (Å²) in [6.45, 7) is 14.7. The molecule has 1 aliphatic rings. The Labute approximate surface area is 216 Å². The van der Waals surface area contributed by atoms with Crippen LogP contribution in [0.4, 0.5) is 11.4 Å². The van der Waals surface area contributed by atoms with Crippen molar-refractivity contribution >= 4 is 23.2 Å². The molecule has 2 aromatic rings. The average molecular weight is 495 g/mol. The lowest BCUT2D eigenvalue weighted by molar-refractivity contribution is -0.120. The lowest BCUT2D eigenvalue weighted by Crippen LogP contribution is -2.41. The molecular weight excluding hydrogens is 452 g/mol. The Kier molecular flexibility index (Phi) is 10.5. The van der Waals surface area contributed by atoms with Gasteiger partial charge in [-0.3, -0.25) is 19.4 Å². The number of nitrogens with one attached hydrogen (secondary N) is 2. The van der Waals surface area contributed by atoms with Crippen LogP contribution in [0.25, 0.3) is 0 Å². The van der Waals surface area contributed by atoms with Crippen molar-refractivity contribution in [1.29, 1.82) is 0 Å². The van der Waals surface area contributed by atoms with E-state index in [4.69, 9.17) is 4.74 Å². The minimum atomic E-state index is -0.117. The smallest absolute Gasteiger partial charge is 0.241 e. The third kappa shape index (κ3) is 7.63. The summed E-state index contributed by atoms with van der Waals surface area (Å²) in [5.41, 5.74) is 6.12. The molecule has 2 N–H and O–H groups in total. The Morgan fingerprint density at radius 3 is 2.11 bits per heavy atom. The van der Waals surface area contributed by atoms with E-state index in [-0.39, 0.29) is 17.9 Å². The maximum Gasteiger partial charge on any atom is 0.241 e. The van der Waals surface area contributed by atoms with Crippen LogP contribution in [0.15, 0.2) is 36.4 Å². The van der Waals surface area contributed by atoms with Crippen LogP contribution in [0.2, 0.25) is 0 Å². The number of likely N-dealkylation sites (N-methyl/N-ethyl adjacent to an activating group) is 1. The predicted molar refractivity (Wildman–Crippen MR) is 147 cm³/mol. The molecule has 2 aromatic carbocycles. The van der Waals surface area contributed by atoms with E-state index in [0.717, 1.165) is 66.1 Å². The highest BCUT2D eigenvalue weighted by Gasteiger charge is 2.30. The number of aryl methyl sites for hydroxylation is 4. The highest BCUT2D eigenvalue weighted by molar-refractivity contribution is 5.96. The third-order valence-electron chi connectivity index (χ3n) is 7.03. The van der Waals surface area contributed by atoms with Crippen LogP contribution in [0, 0.1) is 27.7 Å². The normalized spacial score (nSPS) is 15.9. The molecule has 1 atom stereocenters. The molecule has 7 heteroatoms. The number of para-hydroxylation sites is 2. The molecule has 1 aliphatic heterocycles. The second-order valence-electron chi connectivity index (χ2n) is 9.75. The Morgan fingerprint density at radius 2 is 1.53 bits per heavy atom. The van der Waals surface area contributed by atoms with Crippen molar-refractivity contribution < 1.29 is 14.3 Å². The SMILES string of the molecule is CCN(CCOCCN1CCCC1C(=O)Nc1c(C)cccc1C)CC(=O)Nc1c(C)cccc1C. The van der Waals surface area contributed by atoms with Gasteiger partial charge in [0.15, 0.2) is 0 Å². The zero-order chi connectivity index (χ0) is 26.1. The van der Waals surface area contributed by atoms with Gasteiger partial charge >= 0.3 is 0 Å². The molecule has 3 rings (SSSR count). The summed E-state index contributed by atoms with van der Waals surface area (Å²) in [5.74, 6) is 0.0565. The molecule has 2 amide bonds. The number of hydrogen-bond acceptors (Lipinski definition) is 5. The largest absolute Gasteiger partial charge is 0.379 e. The van der Waals surface area contributed by atoms with Crippen molar-refractivity contribution in [2.45, 2.75) is 53.5 Å². The fourth-order valence-corrected chi connectivity index (χ4v) is 4.83. The van der Waals surface area contributed by atoms with Crippen LogP contribution in [0.1, 0.15) is 42.0 Å². The fourth-order valence-electron chi connectivity index (χ4n) is 4.83. The average Bonchev–Trinajstić information content (AvgIpc) is 3.31. The van der Waals surface area contributed by atoms with Crippen molar-refractivity contribution in [2.24, 2.45) is 0 Å². The van der Waals surface area contributed by atoms with E-state index in [1.165, 1.54) is 0 Å². The second-order valence-corrected chi connectivity index (χ2v) is 9.75. The number of hydrogen-bond donors (Lipinski definition) is 2. The van der Waals surface area contributed by atoms with Gasteiger partial charge in [-0.1, -0.05) is 43.3 Å². The molecule has 7 nitrogen and oxygen atoms in total. The van der Waals surface area contributed by atoms with E-state index in [1.807, 2.05) is 64.1 Å². The van der Waals surface area contributed by atoms with Crippen LogP contribution in [0.3, 0.4) is 0 Å². The molecule has 0 aromatic heterocycles. The Bertz CT molecular complexity index is 999. The molecule has 0 radical (unpaired) electrons. The quantitative estimate of drug-likeness (QED) is 0.431. The molecular formula is C29H42N4O3. The Balaban J connectivity index is 1.39. The summed E-state index contributed by atoms with van der Waals surface area (Å²) in [7, 11) is 0. The van der Waals surface area contributed by atoms with Crippen molar-refractivity contribution in [1.82, 2.24) is 9.80 Å². The van der Waals surface area contributed by atoms with Gasteiger partial charge in [-0.15, -0.1) is 0 Å². The molecule has 0 saturated carbocycles. The maximum absolute atomic E-state index is 13.0. The molecule has 196 valence electrons. The number of carbonyl (C=O) groups is 2. The lowest BCUT2D eigenvalue weighted by Gasteiger charge is -2.25. The van der Waals surface area contributed by atoms with Crippen LogP contribution in [0.5, 0.6) is 0 Å². The number of ether oxygens (including phenoxy) is 1. The molecule has 36 heavy (non-hydrogen) atoms. The molecule has 1 heterocycles. The molecule has 1 saturated heterocycles. The minimum absolute atomic E-state index is 0.0101. The molecule has 0 bridgehead atoms. The number of rotatable bonds is 12. The van der Waals surface area contributed by atoms with Gasteiger partial charge in [0.25, 0.3) is 0 Å². The Hall–Kier alpha value is -2.74. The van der Waals surface area contributed by atoms with Gasteiger partial charge in [-0.05, 0) is 75.9 Å². The molecule has 0 aliphatic carbocycles. The van der Waals surface area contributed by atoms with Crippen molar-refractivity contribution in [3.8, 4) is 0 Å².